The van der Waals surface area contributed by atoms with Crippen LogP contribution >= 0.6 is 0 Å². The lowest BCUT2D eigenvalue weighted by atomic mass is 10.1. The number of likely N-dealkylation sites (N-methyl/N-ethyl adjacent to an activating group) is 1. The summed E-state index contributed by atoms with van der Waals surface area (Å²) in [7, 11) is 1.98. The van der Waals surface area contributed by atoms with Crippen molar-refractivity contribution >= 4 is 0 Å². The van der Waals surface area contributed by atoms with Gasteiger partial charge in [-0.05, 0) is 38.1 Å². The second kappa shape index (κ2) is 4.46. The van der Waals surface area contributed by atoms with Crippen molar-refractivity contribution in [2.75, 3.05) is 13.6 Å². The summed E-state index contributed by atoms with van der Waals surface area (Å²) < 4.78 is 0. The zero-order valence-corrected chi connectivity index (χ0v) is 10.4. The van der Waals surface area contributed by atoms with Gasteiger partial charge in [-0.1, -0.05) is 0 Å². The summed E-state index contributed by atoms with van der Waals surface area (Å²) in [5.74, 6) is 0.964. The third-order valence-electron chi connectivity index (χ3n) is 3.47. The fraction of sp³-hybridized carbons (Fsp3) is 0.357. The molecule has 0 atom stereocenters. The van der Waals surface area contributed by atoms with E-state index in [9.17, 15) is 0 Å². The molecule has 4 heteroatoms. The Bertz CT molecular complexity index is 535. The predicted octanol–water partition coefficient (Wildman–Crippen LogP) is 1.79. The zero-order valence-electron chi connectivity index (χ0n) is 10.4. The molecule has 3 rings (SSSR count). The van der Waals surface area contributed by atoms with Crippen LogP contribution in [0.1, 0.15) is 18.7 Å². The summed E-state index contributed by atoms with van der Waals surface area (Å²) in [6, 6.07) is 5.90. The molecule has 0 bridgehead atoms. The van der Waals surface area contributed by atoms with Gasteiger partial charge in [0.1, 0.15) is 5.82 Å². The van der Waals surface area contributed by atoms with Crippen molar-refractivity contribution < 1.29 is 0 Å². The van der Waals surface area contributed by atoms with Crippen LogP contribution in [0.3, 0.4) is 0 Å². The molecule has 0 spiro atoms. The van der Waals surface area contributed by atoms with E-state index in [1.165, 1.54) is 12.8 Å². The first-order chi connectivity index (χ1) is 8.84. The molecule has 0 amide bonds. The maximum absolute atomic E-state index is 4.72. The SMILES string of the molecule is CNCC1(c2nccc(-c3ccncc3)n2)CC1. The molecular weight excluding hydrogens is 224 g/mol. The first-order valence-electron chi connectivity index (χ1n) is 6.23. The van der Waals surface area contributed by atoms with Gasteiger partial charge in [-0.2, -0.15) is 0 Å². The van der Waals surface area contributed by atoms with Gasteiger partial charge >= 0.3 is 0 Å². The van der Waals surface area contributed by atoms with Crippen molar-refractivity contribution in [1.82, 2.24) is 20.3 Å². The quantitative estimate of drug-likeness (QED) is 0.885. The Morgan fingerprint density at radius 3 is 2.61 bits per heavy atom. The van der Waals surface area contributed by atoms with Crippen molar-refractivity contribution in [1.29, 1.82) is 0 Å². The number of nitrogens with one attached hydrogen (secondary N) is 1. The first kappa shape index (κ1) is 11.3. The number of hydrogen-bond acceptors (Lipinski definition) is 4. The van der Waals surface area contributed by atoms with Crippen LogP contribution in [0.2, 0.25) is 0 Å². The predicted molar refractivity (Wildman–Crippen MR) is 70.1 cm³/mol. The zero-order chi connectivity index (χ0) is 12.4. The van der Waals surface area contributed by atoms with Crippen molar-refractivity contribution in [3.05, 3.63) is 42.6 Å². The summed E-state index contributed by atoms with van der Waals surface area (Å²) in [5, 5.41) is 3.24. The molecule has 0 unspecified atom stereocenters. The largest absolute Gasteiger partial charge is 0.319 e. The lowest BCUT2D eigenvalue weighted by Crippen LogP contribution is -2.25. The molecule has 4 nitrogen and oxygen atoms in total. The molecule has 2 heterocycles. The molecule has 1 saturated carbocycles. The molecule has 0 saturated heterocycles. The van der Waals surface area contributed by atoms with Crippen LogP contribution in [0.15, 0.2) is 36.8 Å². The average Bonchev–Trinajstić information content (AvgIpc) is 3.21. The Morgan fingerprint density at radius 1 is 1.17 bits per heavy atom. The molecule has 92 valence electrons. The topological polar surface area (TPSA) is 50.7 Å². The molecule has 0 aliphatic heterocycles. The molecule has 0 radical (unpaired) electrons. The first-order valence-corrected chi connectivity index (χ1v) is 6.23. The minimum Gasteiger partial charge on any atom is -0.319 e. The van der Waals surface area contributed by atoms with Crippen LogP contribution in [0.4, 0.5) is 0 Å². The summed E-state index contributed by atoms with van der Waals surface area (Å²) in [6.45, 7) is 0.951. The second-order valence-corrected chi connectivity index (χ2v) is 4.81. The Kier molecular flexibility index (Phi) is 2.80. The van der Waals surface area contributed by atoms with Crippen LogP contribution in [0.25, 0.3) is 11.3 Å². The van der Waals surface area contributed by atoms with Crippen LogP contribution in [0.5, 0.6) is 0 Å². The second-order valence-electron chi connectivity index (χ2n) is 4.81. The van der Waals surface area contributed by atoms with Gasteiger partial charge in [0.05, 0.1) is 5.69 Å². The lowest BCUT2D eigenvalue weighted by Gasteiger charge is -2.13. The summed E-state index contributed by atoms with van der Waals surface area (Å²) >= 11 is 0. The standard InChI is InChI=1S/C14H16N4/c1-15-10-14(5-6-14)13-17-9-4-12(18-13)11-2-7-16-8-3-11/h2-4,7-9,15H,5-6,10H2,1H3. The fourth-order valence-corrected chi connectivity index (χ4v) is 2.27. The van der Waals surface area contributed by atoms with Gasteiger partial charge in [0.25, 0.3) is 0 Å². The maximum Gasteiger partial charge on any atom is 0.136 e. The van der Waals surface area contributed by atoms with E-state index in [0.29, 0.717) is 0 Å². The molecule has 1 aliphatic rings. The van der Waals surface area contributed by atoms with E-state index in [1.807, 2.05) is 31.4 Å². The fourth-order valence-electron chi connectivity index (χ4n) is 2.27. The smallest absolute Gasteiger partial charge is 0.136 e. The molecular formula is C14H16N4. The molecule has 2 aromatic rings. The van der Waals surface area contributed by atoms with Gasteiger partial charge in [0.15, 0.2) is 0 Å². The van der Waals surface area contributed by atoms with Crippen LogP contribution in [-0.2, 0) is 5.41 Å². The number of nitrogens with zero attached hydrogens (tertiary/aromatic N) is 3. The van der Waals surface area contributed by atoms with Crippen LogP contribution in [-0.4, -0.2) is 28.5 Å². The normalized spacial score (nSPS) is 16.5. The van der Waals surface area contributed by atoms with E-state index in [2.05, 4.69) is 15.3 Å². The third kappa shape index (κ3) is 1.99. The molecule has 1 aliphatic carbocycles. The number of rotatable bonds is 4. The van der Waals surface area contributed by atoms with E-state index in [0.717, 1.165) is 23.6 Å². The Hall–Kier alpha value is -1.81. The number of hydrogen-bond donors (Lipinski definition) is 1. The van der Waals surface area contributed by atoms with Gasteiger partial charge in [-0.15, -0.1) is 0 Å². The molecule has 2 aromatic heterocycles. The van der Waals surface area contributed by atoms with Crippen LogP contribution in [0, 0.1) is 0 Å². The van der Waals surface area contributed by atoms with Crippen molar-refractivity contribution in [3.63, 3.8) is 0 Å². The Morgan fingerprint density at radius 2 is 1.94 bits per heavy atom. The van der Waals surface area contributed by atoms with Gasteiger partial charge < -0.3 is 5.32 Å². The summed E-state index contributed by atoms with van der Waals surface area (Å²) in [5.41, 5.74) is 2.23. The Labute approximate surface area is 107 Å². The van der Waals surface area contributed by atoms with Gasteiger partial charge in [0, 0.05) is 36.1 Å². The minimum absolute atomic E-state index is 0.164. The van der Waals surface area contributed by atoms with Crippen LogP contribution < -0.4 is 5.32 Å². The summed E-state index contributed by atoms with van der Waals surface area (Å²) in [6.07, 6.45) is 7.78. The van der Waals surface area contributed by atoms with Gasteiger partial charge in [0.2, 0.25) is 0 Å². The van der Waals surface area contributed by atoms with E-state index in [4.69, 9.17) is 4.98 Å². The van der Waals surface area contributed by atoms with Crippen molar-refractivity contribution in [3.8, 4) is 11.3 Å². The molecule has 1 N–H and O–H groups in total. The van der Waals surface area contributed by atoms with Gasteiger partial charge in [-0.3, -0.25) is 4.98 Å². The highest BCUT2D eigenvalue weighted by Crippen LogP contribution is 2.46. The molecule has 18 heavy (non-hydrogen) atoms. The monoisotopic (exact) mass is 240 g/mol. The van der Waals surface area contributed by atoms with Gasteiger partial charge in [-0.25, -0.2) is 9.97 Å². The summed E-state index contributed by atoms with van der Waals surface area (Å²) in [4.78, 5) is 13.2. The Balaban J connectivity index is 1.95. The maximum atomic E-state index is 4.72. The average molecular weight is 240 g/mol. The van der Waals surface area contributed by atoms with Crippen molar-refractivity contribution in [2.24, 2.45) is 0 Å². The third-order valence-corrected chi connectivity index (χ3v) is 3.47. The highest BCUT2D eigenvalue weighted by Gasteiger charge is 2.46. The number of aromatic nitrogens is 3. The minimum atomic E-state index is 0.164. The van der Waals surface area contributed by atoms with E-state index in [-0.39, 0.29) is 5.41 Å². The number of pyridine rings is 1. The van der Waals surface area contributed by atoms with Crippen molar-refractivity contribution in [2.45, 2.75) is 18.3 Å². The lowest BCUT2D eigenvalue weighted by molar-refractivity contribution is 0.588. The highest BCUT2D eigenvalue weighted by atomic mass is 15.0. The van der Waals surface area contributed by atoms with E-state index >= 15 is 0 Å². The molecule has 0 aromatic carbocycles. The van der Waals surface area contributed by atoms with E-state index in [1.54, 1.807) is 12.4 Å². The van der Waals surface area contributed by atoms with E-state index < -0.39 is 0 Å². The highest BCUT2D eigenvalue weighted by molar-refractivity contribution is 5.57. The molecule has 1 fully saturated rings.